The first kappa shape index (κ1) is 19.0. The van der Waals surface area contributed by atoms with E-state index in [4.69, 9.17) is 23.2 Å². The first-order chi connectivity index (χ1) is 14.1. The number of nitrogens with zero attached hydrogens (tertiary/aromatic N) is 1. The number of hydrogen-bond acceptors (Lipinski definition) is 2. The van der Waals surface area contributed by atoms with Gasteiger partial charge in [-0.1, -0.05) is 71.7 Å². The average Bonchev–Trinajstić information content (AvgIpc) is 2.73. The highest BCUT2D eigenvalue weighted by Crippen LogP contribution is 2.30. The minimum Gasteiger partial charge on any atom is -0.321 e. The summed E-state index contributed by atoms with van der Waals surface area (Å²) in [5.41, 5.74) is 1.30. The fraction of sp³-hybridized carbons (Fsp3) is 0. The van der Waals surface area contributed by atoms with E-state index in [0.29, 0.717) is 15.7 Å². The summed E-state index contributed by atoms with van der Waals surface area (Å²) in [5, 5.41) is 17.1. The topological polar surface area (TPSA) is 52.9 Å². The lowest BCUT2D eigenvalue weighted by Crippen LogP contribution is -2.13. The third kappa shape index (κ3) is 3.82. The summed E-state index contributed by atoms with van der Waals surface area (Å²) in [7, 11) is 0. The van der Waals surface area contributed by atoms with E-state index < -0.39 is 5.91 Å². The highest BCUT2D eigenvalue weighted by atomic mass is 35.5. The minimum atomic E-state index is -0.511. The van der Waals surface area contributed by atoms with Gasteiger partial charge in [0.2, 0.25) is 0 Å². The molecule has 0 saturated heterocycles. The molecule has 1 N–H and O–H groups in total. The van der Waals surface area contributed by atoms with Gasteiger partial charge in [0.25, 0.3) is 5.91 Å². The van der Waals surface area contributed by atoms with Crippen LogP contribution in [0.25, 0.3) is 27.6 Å². The molecule has 0 heterocycles. The number of amides is 1. The predicted molar refractivity (Wildman–Crippen MR) is 120 cm³/mol. The van der Waals surface area contributed by atoms with Crippen molar-refractivity contribution in [2.45, 2.75) is 0 Å². The van der Waals surface area contributed by atoms with Crippen molar-refractivity contribution in [1.82, 2.24) is 0 Å². The van der Waals surface area contributed by atoms with E-state index in [1.165, 1.54) is 0 Å². The van der Waals surface area contributed by atoms with Crippen LogP contribution in [0.2, 0.25) is 10.0 Å². The van der Waals surface area contributed by atoms with Crippen LogP contribution in [0, 0.1) is 11.3 Å². The van der Waals surface area contributed by atoms with Crippen LogP contribution >= 0.6 is 23.2 Å². The molecule has 4 rings (SSSR count). The van der Waals surface area contributed by atoms with E-state index in [1.54, 1.807) is 24.3 Å². The fourth-order valence-corrected chi connectivity index (χ4v) is 3.57. The average molecular weight is 417 g/mol. The molecular weight excluding hydrogens is 403 g/mol. The molecule has 4 aromatic carbocycles. The molecule has 0 fully saturated rings. The number of anilines is 1. The van der Waals surface area contributed by atoms with Crippen molar-refractivity contribution in [3.63, 3.8) is 0 Å². The van der Waals surface area contributed by atoms with Gasteiger partial charge in [0, 0.05) is 5.69 Å². The molecule has 0 unspecified atom stereocenters. The lowest BCUT2D eigenvalue weighted by atomic mass is 9.95. The van der Waals surface area contributed by atoms with Crippen molar-refractivity contribution in [3.8, 4) is 6.07 Å². The Kier molecular flexibility index (Phi) is 5.22. The first-order valence-corrected chi connectivity index (χ1v) is 9.61. The Morgan fingerprint density at radius 2 is 1.48 bits per heavy atom. The van der Waals surface area contributed by atoms with Crippen molar-refractivity contribution in [3.05, 3.63) is 94.0 Å². The Morgan fingerprint density at radius 1 is 0.862 bits per heavy atom. The zero-order valence-corrected chi connectivity index (χ0v) is 16.6. The number of rotatable bonds is 3. The Bertz CT molecular complexity index is 1280. The highest BCUT2D eigenvalue weighted by molar-refractivity contribution is 6.42. The van der Waals surface area contributed by atoms with Crippen LogP contribution in [0.15, 0.2) is 78.4 Å². The summed E-state index contributed by atoms with van der Waals surface area (Å²) < 4.78 is 0. The molecule has 0 radical (unpaired) electrons. The maximum Gasteiger partial charge on any atom is 0.266 e. The van der Waals surface area contributed by atoms with Crippen molar-refractivity contribution in [1.29, 1.82) is 5.26 Å². The second-order valence-corrected chi connectivity index (χ2v) is 7.30. The molecule has 140 valence electrons. The number of carbonyl (C=O) groups excluding carboxylic acids is 1. The fourth-order valence-electron chi connectivity index (χ4n) is 3.27. The Labute approximate surface area is 177 Å². The zero-order valence-electron chi connectivity index (χ0n) is 15.1. The van der Waals surface area contributed by atoms with Gasteiger partial charge in [-0.05, 0) is 57.4 Å². The van der Waals surface area contributed by atoms with Crippen molar-refractivity contribution < 1.29 is 4.79 Å². The molecule has 0 aliphatic rings. The number of nitriles is 1. The lowest BCUT2D eigenvalue weighted by Gasteiger charge is -2.10. The van der Waals surface area contributed by atoms with Gasteiger partial charge < -0.3 is 5.32 Å². The maximum absolute atomic E-state index is 12.7. The van der Waals surface area contributed by atoms with Crippen LogP contribution in [0.3, 0.4) is 0 Å². The van der Waals surface area contributed by atoms with Crippen LogP contribution in [0.1, 0.15) is 5.56 Å². The molecule has 0 aliphatic heterocycles. The van der Waals surface area contributed by atoms with Gasteiger partial charge in [-0.25, -0.2) is 0 Å². The van der Waals surface area contributed by atoms with Gasteiger partial charge in [0.05, 0.1) is 10.0 Å². The molecule has 5 heteroatoms. The molecule has 29 heavy (non-hydrogen) atoms. The Hall–Kier alpha value is -3.32. The maximum atomic E-state index is 12.7. The minimum absolute atomic E-state index is 0.00224. The quantitative estimate of drug-likeness (QED) is 0.225. The number of benzene rings is 4. The van der Waals surface area contributed by atoms with Gasteiger partial charge in [-0.15, -0.1) is 0 Å². The van der Waals surface area contributed by atoms with Gasteiger partial charge in [-0.3, -0.25) is 4.79 Å². The molecule has 3 nitrogen and oxygen atoms in total. The van der Waals surface area contributed by atoms with Crippen LogP contribution in [-0.4, -0.2) is 5.91 Å². The van der Waals surface area contributed by atoms with Crippen LogP contribution in [-0.2, 0) is 4.79 Å². The number of carbonyl (C=O) groups is 1. The van der Waals surface area contributed by atoms with E-state index in [1.807, 2.05) is 54.6 Å². The first-order valence-electron chi connectivity index (χ1n) is 8.85. The molecule has 0 aromatic heterocycles. The third-order valence-electron chi connectivity index (χ3n) is 4.64. The lowest BCUT2D eigenvalue weighted by molar-refractivity contribution is -0.112. The highest BCUT2D eigenvalue weighted by Gasteiger charge is 2.13. The van der Waals surface area contributed by atoms with E-state index >= 15 is 0 Å². The van der Waals surface area contributed by atoms with Crippen LogP contribution in [0.5, 0.6) is 0 Å². The van der Waals surface area contributed by atoms with E-state index in [2.05, 4.69) is 11.4 Å². The molecule has 1 amide bonds. The Balaban J connectivity index is 1.82. The Morgan fingerprint density at radius 3 is 2.07 bits per heavy atom. The van der Waals surface area contributed by atoms with Crippen molar-refractivity contribution in [2.75, 3.05) is 5.32 Å². The monoisotopic (exact) mass is 416 g/mol. The molecule has 0 aliphatic carbocycles. The molecule has 0 spiro atoms. The second kappa shape index (κ2) is 7.97. The summed E-state index contributed by atoms with van der Waals surface area (Å²) >= 11 is 11.9. The van der Waals surface area contributed by atoms with Gasteiger partial charge >= 0.3 is 0 Å². The number of nitrogens with one attached hydrogen (secondary N) is 1. The SMILES string of the molecule is N#C/C(=C\c1c2ccccc2cc2ccccc12)C(=O)Nc1ccc(Cl)c(Cl)c1. The zero-order chi connectivity index (χ0) is 20.4. The largest absolute Gasteiger partial charge is 0.321 e. The predicted octanol–water partition coefficient (Wildman–Crippen LogP) is 6.85. The van der Waals surface area contributed by atoms with E-state index in [-0.39, 0.29) is 5.57 Å². The van der Waals surface area contributed by atoms with Crippen LogP contribution < -0.4 is 5.32 Å². The molecule has 4 aromatic rings. The summed E-state index contributed by atoms with van der Waals surface area (Å²) in [6, 6.07) is 24.7. The molecule has 0 bridgehead atoms. The van der Waals surface area contributed by atoms with Crippen LogP contribution in [0.4, 0.5) is 5.69 Å². The molecular formula is C24H14Cl2N2O. The summed E-state index contributed by atoms with van der Waals surface area (Å²) in [4.78, 5) is 12.7. The smallest absolute Gasteiger partial charge is 0.266 e. The third-order valence-corrected chi connectivity index (χ3v) is 5.38. The van der Waals surface area contributed by atoms with Gasteiger partial charge in [0.15, 0.2) is 0 Å². The molecule has 0 saturated carbocycles. The number of fused-ring (bicyclic) bond motifs is 2. The van der Waals surface area contributed by atoms with Gasteiger partial charge in [-0.2, -0.15) is 5.26 Å². The summed E-state index contributed by atoms with van der Waals surface area (Å²) in [6.07, 6.45) is 1.64. The van der Waals surface area contributed by atoms with E-state index in [9.17, 15) is 10.1 Å². The summed E-state index contributed by atoms with van der Waals surface area (Å²) in [5.74, 6) is -0.511. The van der Waals surface area contributed by atoms with Gasteiger partial charge in [0.1, 0.15) is 11.6 Å². The van der Waals surface area contributed by atoms with Crippen molar-refractivity contribution in [2.24, 2.45) is 0 Å². The van der Waals surface area contributed by atoms with E-state index in [0.717, 1.165) is 27.1 Å². The normalized spacial score (nSPS) is 11.4. The standard InChI is InChI=1S/C24H14Cl2N2O/c25-22-10-9-18(13-23(22)26)28-24(29)17(14-27)12-21-19-7-3-1-5-15(19)11-16-6-2-4-8-20(16)21/h1-13H,(H,28,29)/b17-12+. The second-order valence-electron chi connectivity index (χ2n) is 6.49. The summed E-state index contributed by atoms with van der Waals surface area (Å²) in [6.45, 7) is 0. The number of halogens is 2. The molecule has 0 atom stereocenters. The van der Waals surface area contributed by atoms with Crippen molar-refractivity contribution >= 4 is 62.4 Å². The number of hydrogen-bond donors (Lipinski definition) is 1.